The summed E-state index contributed by atoms with van der Waals surface area (Å²) in [6.45, 7) is 9.59. The van der Waals surface area contributed by atoms with E-state index in [-0.39, 0.29) is 0 Å². The molecule has 0 saturated carbocycles. The molecule has 0 spiro atoms. The molecule has 1 fully saturated rings. The van der Waals surface area contributed by atoms with E-state index in [1.54, 1.807) is 24.8 Å². The van der Waals surface area contributed by atoms with E-state index in [0.717, 1.165) is 59.4 Å². The Hall–Kier alpha value is -2.48. The minimum atomic E-state index is 0.654. The molecule has 4 rings (SSSR count). The Labute approximate surface area is 156 Å². The number of aromatic nitrogens is 4. The zero-order valence-electron chi connectivity index (χ0n) is 15.5. The summed E-state index contributed by atoms with van der Waals surface area (Å²) in [6, 6.07) is 2.19. The molecule has 0 N–H and O–H groups in total. The lowest BCUT2D eigenvalue weighted by Gasteiger charge is -2.36. The predicted molar refractivity (Wildman–Crippen MR) is 105 cm³/mol. The first-order chi connectivity index (χ1) is 12.6. The molecule has 4 heterocycles. The van der Waals surface area contributed by atoms with Crippen LogP contribution in [0.15, 0.2) is 12.4 Å². The Morgan fingerprint density at radius 3 is 2.35 bits per heavy atom. The SMILES string of the molecule is COc1nc(C)nc(N2CCN(c3ncnc4sc(C)cc34)CC2)c1C. The predicted octanol–water partition coefficient (Wildman–Crippen LogP) is 2.74. The Bertz CT molecular complexity index is 948. The summed E-state index contributed by atoms with van der Waals surface area (Å²) in [6.07, 6.45) is 1.67. The Kier molecular flexibility index (Phi) is 4.36. The van der Waals surface area contributed by atoms with Gasteiger partial charge in [-0.2, -0.15) is 4.98 Å². The quantitative estimate of drug-likeness (QED) is 0.702. The van der Waals surface area contributed by atoms with E-state index in [1.165, 1.54) is 4.88 Å². The maximum absolute atomic E-state index is 5.39. The fraction of sp³-hybridized carbons (Fsp3) is 0.444. The molecule has 0 bridgehead atoms. The van der Waals surface area contributed by atoms with Crippen LogP contribution < -0.4 is 14.5 Å². The smallest absolute Gasteiger partial charge is 0.221 e. The fourth-order valence-electron chi connectivity index (χ4n) is 3.44. The first kappa shape index (κ1) is 17.0. The van der Waals surface area contributed by atoms with Crippen molar-refractivity contribution in [1.82, 2.24) is 19.9 Å². The van der Waals surface area contributed by atoms with Crippen LogP contribution in [0.3, 0.4) is 0 Å². The van der Waals surface area contributed by atoms with Gasteiger partial charge in [-0.05, 0) is 26.8 Å². The molecule has 1 aliphatic rings. The number of ether oxygens (including phenoxy) is 1. The zero-order chi connectivity index (χ0) is 18.3. The second kappa shape index (κ2) is 6.68. The summed E-state index contributed by atoms with van der Waals surface area (Å²) >= 11 is 1.72. The number of anilines is 2. The van der Waals surface area contributed by atoms with Crippen molar-refractivity contribution in [2.75, 3.05) is 43.1 Å². The van der Waals surface area contributed by atoms with Crippen LogP contribution in [0.4, 0.5) is 11.6 Å². The Balaban J connectivity index is 1.57. The van der Waals surface area contributed by atoms with Crippen LogP contribution in [-0.4, -0.2) is 53.2 Å². The van der Waals surface area contributed by atoms with E-state index in [1.807, 2.05) is 13.8 Å². The zero-order valence-corrected chi connectivity index (χ0v) is 16.3. The van der Waals surface area contributed by atoms with E-state index in [0.29, 0.717) is 5.88 Å². The van der Waals surface area contributed by atoms with Gasteiger partial charge in [0.1, 0.15) is 28.6 Å². The molecule has 1 aliphatic heterocycles. The lowest BCUT2D eigenvalue weighted by molar-refractivity contribution is 0.392. The highest BCUT2D eigenvalue weighted by Gasteiger charge is 2.24. The van der Waals surface area contributed by atoms with Crippen LogP contribution in [0.25, 0.3) is 10.2 Å². The first-order valence-corrected chi connectivity index (χ1v) is 9.48. The van der Waals surface area contributed by atoms with Crippen LogP contribution in [0, 0.1) is 20.8 Å². The molecule has 136 valence electrons. The number of rotatable bonds is 3. The lowest BCUT2D eigenvalue weighted by atomic mass is 10.2. The Morgan fingerprint density at radius 2 is 1.65 bits per heavy atom. The third-order valence-electron chi connectivity index (χ3n) is 4.69. The maximum atomic E-state index is 5.39. The number of aryl methyl sites for hydroxylation is 2. The van der Waals surface area contributed by atoms with Crippen molar-refractivity contribution in [2.45, 2.75) is 20.8 Å². The second-order valence-electron chi connectivity index (χ2n) is 6.48. The van der Waals surface area contributed by atoms with Crippen molar-refractivity contribution >= 4 is 33.2 Å². The van der Waals surface area contributed by atoms with E-state index < -0.39 is 0 Å². The highest BCUT2D eigenvalue weighted by Crippen LogP contribution is 2.31. The van der Waals surface area contributed by atoms with Gasteiger partial charge in [-0.1, -0.05) is 0 Å². The van der Waals surface area contributed by atoms with Crippen molar-refractivity contribution < 1.29 is 4.74 Å². The summed E-state index contributed by atoms with van der Waals surface area (Å²) in [5.41, 5.74) is 0.990. The molecule has 3 aromatic rings. The number of methoxy groups -OCH3 is 1. The van der Waals surface area contributed by atoms with Gasteiger partial charge in [0.05, 0.1) is 18.1 Å². The van der Waals surface area contributed by atoms with E-state index in [2.05, 4.69) is 42.7 Å². The van der Waals surface area contributed by atoms with Gasteiger partial charge >= 0.3 is 0 Å². The van der Waals surface area contributed by atoms with Crippen LogP contribution in [0.1, 0.15) is 16.3 Å². The van der Waals surface area contributed by atoms with Crippen molar-refractivity contribution in [1.29, 1.82) is 0 Å². The highest BCUT2D eigenvalue weighted by molar-refractivity contribution is 7.18. The number of fused-ring (bicyclic) bond motifs is 1. The number of hydrogen-bond donors (Lipinski definition) is 0. The van der Waals surface area contributed by atoms with Crippen molar-refractivity contribution in [3.05, 3.63) is 28.7 Å². The van der Waals surface area contributed by atoms with Gasteiger partial charge in [0.2, 0.25) is 5.88 Å². The molecule has 26 heavy (non-hydrogen) atoms. The summed E-state index contributed by atoms with van der Waals surface area (Å²) in [5, 5.41) is 1.15. The average Bonchev–Trinajstić information content (AvgIpc) is 3.03. The topological polar surface area (TPSA) is 67.3 Å². The highest BCUT2D eigenvalue weighted by atomic mass is 32.1. The molecule has 3 aromatic heterocycles. The van der Waals surface area contributed by atoms with Crippen molar-refractivity contribution in [3.63, 3.8) is 0 Å². The number of thiophene rings is 1. The number of hydrogen-bond acceptors (Lipinski definition) is 8. The molecule has 0 unspecified atom stereocenters. The van der Waals surface area contributed by atoms with E-state index >= 15 is 0 Å². The molecule has 7 nitrogen and oxygen atoms in total. The normalized spacial score (nSPS) is 14.9. The summed E-state index contributed by atoms with van der Waals surface area (Å²) in [4.78, 5) is 24.9. The molecular weight excluding hydrogens is 348 g/mol. The molecule has 0 aliphatic carbocycles. The summed E-state index contributed by atoms with van der Waals surface area (Å²) in [7, 11) is 1.65. The molecule has 0 amide bonds. The Morgan fingerprint density at radius 1 is 0.962 bits per heavy atom. The number of nitrogens with zero attached hydrogens (tertiary/aromatic N) is 6. The lowest BCUT2D eigenvalue weighted by Crippen LogP contribution is -2.47. The second-order valence-corrected chi connectivity index (χ2v) is 7.71. The van der Waals surface area contributed by atoms with Gasteiger partial charge in [-0.25, -0.2) is 15.0 Å². The summed E-state index contributed by atoms with van der Waals surface area (Å²) < 4.78 is 5.39. The van der Waals surface area contributed by atoms with Gasteiger partial charge in [0.15, 0.2) is 0 Å². The van der Waals surface area contributed by atoms with Crippen molar-refractivity contribution in [2.24, 2.45) is 0 Å². The maximum Gasteiger partial charge on any atom is 0.221 e. The van der Waals surface area contributed by atoms with Gasteiger partial charge < -0.3 is 14.5 Å². The van der Waals surface area contributed by atoms with Crippen LogP contribution >= 0.6 is 11.3 Å². The molecular formula is C18H22N6OS. The fourth-order valence-corrected chi connectivity index (χ4v) is 4.28. The minimum absolute atomic E-state index is 0.654. The third-order valence-corrected chi connectivity index (χ3v) is 5.65. The molecule has 0 aromatic carbocycles. The largest absolute Gasteiger partial charge is 0.481 e. The standard InChI is InChI=1S/C18H22N6OS/c1-11-9-14-16(19-10-20-18(14)26-11)24-7-5-23(6-8-24)15-12(2)17(25-4)22-13(3)21-15/h9-10H,5-8H2,1-4H3. The molecule has 1 saturated heterocycles. The van der Waals surface area contributed by atoms with Crippen LogP contribution in [0.5, 0.6) is 5.88 Å². The molecule has 0 radical (unpaired) electrons. The van der Waals surface area contributed by atoms with Crippen LogP contribution in [0.2, 0.25) is 0 Å². The number of piperazine rings is 1. The minimum Gasteiger partial charge on any atom is -0.481 e. The van der Waals surface area contributed by atoms with Gasteiger partial charge in [-0.15, -0.1) is 11.3 Å². The van der Waals surface area contributed by atoms with Crippen molar-refractivity contribution in [3.8, 4) is 5.88 Å². The average molecular weight is 370 g/mol. The third kappa shape index (κ3) is 2.94. The van der Waals surface area contributed by atoms with Gasteiger partial charge in [0, 0.05) is 31.1 Å². The summed E-state index contributed by atoms with van der Waals surface area (Å²) in [5.74, 6) is 3.39. The van der Waals surface area contributed by atoms with E-state index in [4.69, 9.17) is 4.74 Å². The van der Waals surface area contributed by atoms with Gasteiger partial charge in [0.25, 0.3) is 0 Å². The van der Waals surface area contributed by atoms with Gasteiger partial charge in [-0.3, -0.25) is 0 Å². The van der Waals surface area contributed by atoms with Crippen LogP contribution in [-0.2, 0) is 0 Å². The first-order valence-electron chi connectivity index (χ1n) is 8.67. The molecule has 8 heteroatoms. The van der Waals surface area contributed by atoms with E-state index in [9.17, 15) is 0 Å². The monoisotopic (exact) mass is 370 g/mol. The molecule has 0 atom stereocenters.